The number of esters is 1. The van der Waals surface area contributed by atoms with Crippen LogP contribution in [-0.4, -0.2) is 33.3 Å². The van der Waals surface area contributed by atoms with Crippen LogP contribution in [0.1, 0.15) is 34.6 Å². The molecule has 0 aliphatic heterocycles. The van der Waals surface area contributed by atoms with Crippen molar-refractivity contribution in [2.45, 2.75) is 26.8 Å². The van der Waals surface area contributed by atoms with Crippen molar-refractivity contribution < 1.29 is 14.3 Å². The van der Waals surface area contributed by atoms with E-state index in [0.29, 0.717) is 16.9 Å². The van der Waals surface area contributed by atoms with E-state index in [9.17, 15) is 14.4 Å². The van der Waals surface area contributed by atoms with Crippen LogP contribution in [0.5, 0.6) is 0 Å². The van der Waals surface area contributed by atoms with Gasteiger partial charge >= 0.3 is 5.97 Å². The minimum absolute atomic E-state index is 0.303. The molecule has 0 aliphatic carbocycles. The zero-order chi connectivity index (χ0) is 23.7. The number of hydrogen-bond acceptors (Lipinski definition) is 5. The summed E-state index contributed by atoms with van der Waals surface area (Å²) in [5.74, 6) is -0.902. The molecule has 2 aromatic heterocycles. The van der Waals surface area contributed by atoms with Crippen molar-refractivity contribution in [1.29, 1.82) is 0 Å². The van der Waals surface area contributed by atoms with Crippen LogP contribution < -0.4 is 10.9 Å². The van der Waals surface area contributed by atoms with Gasteiger partial charge < -0.3 is 10.1 Å². The summed E-state index contributed by atoms with van der Waals surface area (Å²) >= 11 is 0. The van der Waals surface area contributed by atoms with Crippen molar-refractivity contribution in [2.75, 3.05) is 12.4 Å². The van der Waals surface area contributed by atoms with Crippen LogP contribution in [0.3, 0.4) is 0 Å². The predicted octanol–water partition coefficient (Wildman–Crippen LogP) is 3.79. The number of aryl methyl sites for hydroxylation is 2. The van der Waals surface area contributed by atoms with Gasteiger partial charge in [0.1, 0.15) is 11.7 Å². The quantitative estimate of drug-likeness (QED) is 0.473. The number of carbonyl (C=O) groups is 2. The van der Waals surface area contributed by atoms with E-state index in [1.165, 1.54) is 23.8 Å². The van der Waals surface area contributed by atoms with Crippen molar-refractivity contribution in [3.8, 4) is 5.69 Å². The number of hydrogen-bond donors (Lipinski definition) is 1. The van der Waals surface area contributed by atoms with Gasteiger partial charge in [-0.1, -0.05) is 24.3 Å². The second-order valence-electron chi connectivity index (χ2n) is 7.80. The van der Waals surface area contributed by atoms with E-state index in [1.807, 2.05) is 44.2 Å². The number of pyridine rings is 1. The smallest absolute Gasteiger partial charge is 0.337 e. The van der Waals surface area contributed by atoms with E-state index >= 15 is 0 Å². The molecule has 1 amide bonds. The topological polar surface area (TPSA) is 95.2 Å². The van der Waals surface area contributed by atoms with Crippen LogP contribution in [0.2, 0.25) is 0 Å². The summed E-state index contributed by atoms with van der Waals surface area (Å²) < 4.78 is 7.89. The Bertz CT molecular complexity index is 1420. The van der Waals surface area contributed by atoms with Crippen LogP contribution in [0, 0.1) is 13.8 Å². The van der Waals surface area contributed by atoms with Gasteiger partial charge in [0.25, 0.3) is 5.56 Å². The third-order valence-corrected chi connectivity index (χ3v) is 5.55. The van der Waals surface area contributed by atoms with Gasteiger partial charge in [0.15, 0.2) is 0 Å². The summed E-state index contributed by atoms with van der Waals surface area (Å²) in [6.45, 7) is 5.40. The first-order valence-electron chi connectivity index (χ1n) is 10.5. The van der Waals surface area contributed by atoms with Gasteiger partial charge in [-0.2, -0.15) is 5.10 Å². The van der Waals surface area contributed by atoms with Crippen molar-refractivity contribution >= 4 is 28.6 Å². The van der Waals surface area contributed by atoms with Crippen LogP contribution in [0.15, 0.2) is 65.5 Å². The molecule has 0 saturated heterocycles. The van der Waals surface area contributed by atoms with Crippen LogP contribution in [0.4, 0.5) is 5.69 Å². The molecule has 1 atom stereocenters. The lowest BCUT2D eigenvalue weighted by atomic mass is 10.1. The maximum atomic E-state index is 13.2. The molecule has 0 fully saturated rings. The highest BCUT2D eigenvalue weighted by Crippen LogP contribution is 2.26. The number of benzene rings is 2. The summed E-state index contributed by atoms with van der Waals surface area (Å²) in [5.41, 5.74) is 3.34. The molecule has 8 heteroatoms. The van der Waals surface area contributed by atoms with Gasteiger partial charge in [0, 0.05) is 17.1 Å². The van der Waals surface area contributed by atoms with Crippen LogP contribution >= 0.6 is 0 Å². The van der Waals surface area contributed by atoms with Crippen molar-refractivity contribution in [1.82, 2.24) is 14.3 Å². The summed E-state index contributed by atoms with van der Waals surface area (Å²) in [5, 5.41) is 8.28. The highest BCUT2D eigenvalue weighted by Gasteiger charge is 2.24. The monoisotopic (exact) mass is 444 g/mol. The Kier molecular flexibility index (Phi) is 5.83. The minimum atomic E-state index is -0.846. The van der Waals surface area contributed by atoms with Gasteiger partial charge in [0.2, 0.25) is 5.91 Å². The summed E-state index contributed by atoms with van der Waals surface area (Å²) in [4.78, 5) is 38.1. The molecule has 2 heterocycles. The Labute approximate surface area is 190 Å². The van der Waals surface area contributed by atoms with Gasteiger partial charge in [-0.05, 0) is 56.7 Å². The second-order valence-corrected chi connectivity index (χ2v) is 7.80. The highest BCUT2D eigenvalue weighted by molar-refractivity contribution is 5.97. The van der Waals surface area contributed by atoms with E-state index in [2.05, 4.69) is 10.4 Å². The lowest BCUT2D eigenvalue weighted by Gasteiger charge is -2.19. The van der Waals surface area contributed by atoms with Gasteiger partial charge in [0.05, 0.1) is 24.1 Å². The Morgan fingerprint density at radius 2 is 1.76 bits per heavy atom. The average Bonchev–Trinajstić information content (AvgIpc) is 3.16. The number of rotatable bonds is 5. The molecule has 8 nitrogen and oxygen atoms in total. The molecule has 2 aromatic carbocycles. The molecule has 0 bridgehead atoms. The lowest BCUT2D eigenvalue weighted by Crippen LogP contribution is -2.32. The van der Waals surface area contributed by atoms with Crippen molar-refractivity contribution in [3.63, 3.8) is 0 Å². The average molecular weight is 444 g/mol. The molecule has 4 rings (SSSR count). The van der Waals surface area contributed by atoms with Crippen molar-refractivity contribution in [3.05, 3.63) is 87.8 Å². The number of ether oxygens (including phenoxy) is 1. The molecule has 1 unspecified atom stereocenters. The van der Waals surface area contributed by atoms with E-state index in [-0.39, 0.29) is 5.56 Å². The Morgan fingerprint density at radius 1 is 1.03 bits per heavy atom. The second kappa shape index (κ2) is 8.74. The van der Waals surface area contributed by atoms with E-state index in [1.54, 1.807) is 29.8 Å². The summed E-state index contributed by atoms with van der Waals surface area (Å²) in [7, 11) is 1.29. The molecule has 168 valence electrons. The first kappa shape index (κ1) is 22.0. The van der Waals surface area contributed by atoms with Gasteiger partial charge in [-0.25, -0.2) is 9.48 Å². The Balaban J connectivity index is 1.80. The number of para-hydroxylation sites is 1. The fraction of sp³-hybridized carbons (Fsp3) is 0.200. The molecule has 0 aliphatic rings. The molecule has 0 saturated carbocycles. The predicted molar refractivity (Wildman–Crippen MR) is 126 cm³/mol. The van der Waals surface area contributed by atoms with E-state index in [0.717, 1.165) is 22.3 Å². The molecule has 1 N–H and O–H groups in total. The first-order chi connectivity index (χ1) is 15.8. The fourth-order valence-electron chi connectivity index (χ4n) is 3.96. The number of anilines is 1. The zero-order valence-corrected chi connectivity index (χ0v) is 18.8. The molecule has 0 radical (unpaired) electrons. The minimum Gasteiger partial charge on any atom is -0.465 e. The molecular weight excluding hydrogens is 420 g/mol. The number of fused-ring (bicyclic) bond motifs is 1. The number of nitrogens with zero attached hydrogens (tertiary/aromatic N) is 3. The maximum Gasteiger partial charge on any atom is 0.337 e. The summed E-state index contributed by atoms with van der Waals surface area (Å²) in [6, 6.07) is 16.6. The molecule has 4 aromatic rings. The highest BCUT2D eigenvalue weighted by atomic mass is 16.5. The molecule has 33 heavy (non-hydrogen) atoms. The third-order valence-electron chi connectivity index (χ3n) is 5.55. The summed E-state index contributed by atoms with van der Waals surface area (Å²) in [6.07, 6.45) is 0. The van der Waals surface area contributed by atoms with E-state index < -0.39 is 17.9 Å². The van der Waals surface area contributed by atoms with Gasteiger partial charge in [-0.15, -0.1) is 0 Å². The number of nitrogens with one attached hydrogen (secondary N) is 1. The van der Waals surface area contributed by atoms with E-state index in [4.69, 9.17) is 4.74 Å². The molecule has 0 spiro atoms. The standard InChI is InChI=1S/C25H24N4O4/c1-15-13-21(30)28(24-22(15)16(2)27-29(24)20-11-6-5-7-12-20)17(3)23(31)26-19-10-8-9-18(14-19)25(32)33-4/h5-14,17H,1-4H3,(H,26,31). The number of methoxy groups -OCH3 is 1. The van der Waals surface area contributed by atoms with Crippen LogP contribution in [-0.2, 0) is 9.53 Å². The fourth-order valence-corrected chi connectivity index (χ4v) is 3.96. The lowest BCUT2D eigenvalue weighted by molar-refractivity contribution is -0.118. The number of carbonyl (C=O) groups excluding carboxylic acids is 2. The number of aromatic nitrogens is 3. The maximum absolute atomic E-state index is 13.2. The van der Waals surface area contributed by atoms with Gasteiger partial charge in [-0.3, -0.25) is 14.2 Å². The van der Waals surface area contributed by atoms with Crippen LogP contribution in [0.25, 0.3) is 16.7 Å². The SMILES string of the molecule is COC(=O)c1cccc(NC(=O)C(C)n2c(=O)cc(C)c3c(C)nn(-c4ccccc4)c32)c1. The number of amides is 1. The zero-order valence-electron chi connectivity index (χ0n) is 18.8. The van der Waals surface area contributed by atoms with Crippen molar-refractivity contribution in [2.24, 2.45) is 0 Å². The Hall–Kier alpha value is -4.20. The Morgan fingerprint density at radius 3 is 2.45 bits per heavy atom. The largest absolute Gasteiger partial charge is 0.465 e. The normalized spacial score (nSPS) is 11.9. The molecular formula is C25H24N4O4. The third kappa shape index (κ3) is 4.03. The first-order valence-corrected chi connectivity index (χ1v) is 10.5.